The summed E-state index contributed by atoms with van der Waals surface area (Å²) < 4.78 is 10.9. The zero-order chi connectivity index (χ0) is 17.7. The van der Waals surface area contributed by atoms with Crippen LogP contribution >= 0.6 is 11.6 Å². The third kappa shape index (κ3) is 4.52. The Morgan fingerprint density at radius 2 is 1.96 bits per heavy atom. The van der Waals surface area contributed by atoms with Crippen molar-refractivity contribution in [2.24, 2.45) is 0 Å². The lowest BCUT2D eigenvalue weighted by Gasteiger charge is -2.11. The van der Waals surface area contributed by atoms with Gasteiger partial charge in [0.25, 0.3) is 0 Å². The number of hydrogen-bond donors (Lipinski definition) is 1. The molecule has 5 heteroatoms. The Balaban J connectivity index is 2.50. The zero-order valence-electron chi connectivity index (χ0n) is 13.7. The topological polar surface area (TPSA) is 55.8 Å². The summed E-state index contributed by atoms with van der Waals surface area (Å²) in [6.45, 7) is 3.87. The lowest BCUT2D eigenvalue weighted by Crippen LogP contribution is -2.05. The molecule has 24 heavy (non-hydrogen) atoms. The van der Waals surface area contributed by atoms with Crippen molar-refractivity contribution < 1.29 is 19.4 Å². The molecule has 126 valence electrons. The number of methoxy groups -OCH3 is 1. The lowest BCUT2D eigenvalue weighted by molar-refractivity contribution is -0.130. The van der Waals surface area contributed by atoms with Crippen LogP contribution in [0.5, 0.6) is 11.5 Å². The quantitative estimate of drug-likeness (QED) is 0.605. The molecule has 0 saturated carbocycles. The Bertz CT molecular complexity index is 766. The fourth-order valence-corrected chi connectivity index (χ4v) is 2.43. The van der Waals surface area contributed by atoms with E-state index in [0.717, 1.165) is 0 Å². The molecule has 0 aliphatic heterocycles. The lowest BCUT2D eigenvalue weighted by atomic mass is 10.0. The third-order valence-electron chi connectivity index (χ3n) is 3.22. The van der Waals surface area contributed by atoms with Crippen molar-refractivity contribution >= 4 is 29.2 Å². The van der Waals surface area contributed by atoms with Gasteiger partial charge in [-0.25, -0.2) is 4.79 Å². The molecule has 4 nitrogen and oxygen atoms in total. The van der Waals surface area contributed by atoms with E-state index in [-0.39, 0.29) is 11.7 Å². The van der Waals surface area contributed by atoms with Gasteiger partial charge in [-0.1, -0.05) is 23.7 Å². The van der Waals surface area contributed by atoms with Gasteiger partial charge in [0.05, 0.1) is 18.8 Å². The summed E-state index contributed by atoms with van der Waals surface area (Å²) in [5.41, 5.74) is 1.23. The molecule has 0 fully saturated rings. The molecule has 0 aliphatic carbocycles. The minimum atomic E-state index is -1.06. The zero-order valence-corrected chi connectivity index (χ0v) is 14.5. The van der Waals surface area contributed by atoms with Gasteiger partial charge >= 0.3 is 5.97 Å². The second-order valence-corrected chi connectivity index (χ2v) is 5.88. The molecule has 0 radical (unpaired) electrons. The van der Waals surface area contributed by atoms with E-state index in [0.29, 0.717) is 27.6 Å². The molecule has 0 saturated heterocycles. The van der Waals surface area contributed by atoms with E-state index < -0.39 is 5.97 Å². The number of carboxylic acid groups (broad SMARTS) is 1. The van der Waals surface area contributed by atoms with Crippen molar-refractivity contribution in [1.29, 1.82) is 0 Å². The number of rotatable bonds is 6. The average molecular weight is 347 g/mol. The van der Waals surface area contributed by atoms with Gasteiger partial charge in [0.15, 0.2) is 0 Å². The molecule has 0 spiro atoms. The standard InChI is InChI=1S/C19H19ClO4/c1-12(2)24-15-6-4-5-13(9-15)10-17(19(21)22)16-11-14(20)7-8-18(16)23-3/h4-12H,1-3H3,(H,21,22)/b17-10-. The van der Waals surface area contributed by atoms with E-state index in [1.807, 2.05) is 32.0 Å². The first-order valence-corrected chi connectivity index (χ1v) is 7.84. The van der Waals surface area contributed by atoms with Crippen LogP contribution in [0.3, 0.4) is 0 Å². The van der Waals surface area contributed by atoms with Crippen molar-refractivity contribution in [3.63, 3.8) is 0 Å². The first-order valence-electron chi connectivity index (χ1n) is 7.46. The van der Waals surface area contributed by atoms with Crippen LogP contribution in [-0.2, 0) is 4.79 Å². The molecule has 0 aromatic heterocycles. The van der Waals surface area contributed by atoms with Crippen LogP contribution < -0.4 is 9.47 Å². The minimum absolute atomic E-state index is 0.0381. The smallest absolute Gasteiger partial charge is 0.336 e. The molecule has 2 aromatic rings. The summed E-state index contributed by atoms with van der Waals surface area (Å²) in [6.07, 6.45) is 1.61. The molecule has 0 aliphatic rings. The largest absolute Gasteiger partial charge is 0.496 e. The fraction of sp³-hybridized carbons (Fsp3) is 0.211. The SMILES string of the molecule is COc1ccc(Cl)cc1/C(=C/c1cccc(OC(C)C)c1)C(=O)O. The maximum atomic E-state index is 11.7. The first-order chi connectivity index (χ1) is 11.4. The van der Waals surface area contributed by atoms with E-state index in [1.165, 1.54) is 7.11 Å². The second kappa shape index (κ2) is 7.88. The van der Waals surface area contributed by atoms with Crippen LogP contribution in [0, 0.1) is 0 Å². The Hall–Kier alpha value is -2.46. The second-order valence-electron chi connectivity index (χ2n) is 5.45. The summed E-state index contributed by atoms with van der Waals surface area (Å²) in [5.74, 6) is 0.0648. The van der Waals surface area contributed by atoms with Crippen molar-refractivity contribution in [2.75, 3.05) is 7.11 Å². The predicted octanol–water partition coefficient (Wildman–Crippen LogP) is 4.76. The van der Waals surface area contributed by atoms with Crippen molar-refractivity contribution in [2.45, 2.75) is 20.0 Å². The number of carboxylic acids is 1. The van der Waals surface area contributed by atoms with Crippen LogP contribution in [0.15, 0.2) is 42.5 Å². The van der Waals surface area contributed by atoms with Gasteiger partial charge in [0.2, 0.25) is 0 Å². The number of ether oxygens (including phenoxy) is 2. The van der Waals surface area contributed by atoms with E-state index in [4.69, 9.17) is 21.1 Å². The number of aliphatic carboxylic acids is 1. The number of benzene rings is 2. The number of hydrogen-bond acceptors (Lipinski definition) is 3. The van der Waals surface area contributed by atoms with E-state index >= 15 is 0 Å². The first kappa shape index (κ1) is 17.9. The molecule has 2 rings (SSSR count). The van der Waals surface area contributed by atoms with Crippen molar-refractivity contribution in [3.05, 3.63) is 58.6 Å². The van der Waals surface area contributed by atoms with Gasteiger partial charge in [-0.3, -0.25) is 0 Å². The highest BCUT2D eigenvalue weighted by atomic mass is 35.5. The highest BCUT2D eigenvalue weighted by Gasteiger charge is 2.16. The summed E-state index contributed by atoms with van der Waals surface area (Å²) in [6, 6.07) is 12.1. The van der Waals surface area contributed by atoms with Crippen LogP contribution in [0.25, 0.3) is 11.6 Å². The van der Waals surface area contributed by atoms with E-state index in [1.54, 1.807) is 30.3 Å². The molecule has 0 unspecified atom stereocenters. The monoisotopic (exact) mass is 346 g/mol. The van der Waals surface area contributed by atoms with Crippen LogP contribution in [0.2, 0.25) is 5.02 Å². The van der Waals surface area contributed by atoms with Gasteiger partial charge in [0, 0.05) is 10.6 Å². The van der Waals surface area contributed by atoms with Gasteiger partial charge in [0.1, 0.15) is 11.5 Å². The van der Waals surface area contributed by atoms with Gasteiger partial charge in [-0.15, -0.1) is 0 Å². The average Bonchev–Trinajstić information content (AvgIpc) is 2.52. The number of halogens is 1. The molecule has 2 aromatic carbocycles. The maximum Gasteiger partial charge on any atom is 0.336 e. The Labute approximate surface area is 146 Å². The third-order valence-corrected chi connectivity index (χ3v) is 3.46. The molecular formula is C19H19ClO4. The Kier molecular flexibility index (Phi) is 5.88. The summed E-state index contributed by atoms with van der Waals surface area (Å²) >= 11 is 6.01. The molecule has 0 atom stereocenters. The fourth-order valence-electron chi connectivity index (χ4n) is 2.26. The summed E-state index contributed by atoms with van der Waals surface area (Å²) in [4.78, 5) is 11.7. The molecule has 1 N–H and O–H groups in total. The van der Waals surface area contributed by atoms with Crippen LogP contribution in [0.1, 0.15) is 25.0 Å². The van der Waals surface area contributed by atoms with E-state index in [2.05, 4.69) is 0 Å². The van der Waals surface area contributed by atoms with Crippen molar-refractivity contribution in [3.8, 4) is 11.5 Å². The van der Waals surface area contributed by atoms with Gasteiger partial charge in [-0.05, 0) is 55.8 Å². The molecular weight excluding hydrogens is 328 g/mol. The molecule has 0 heterocycles. The predicted molar refractivity (Wildman–Crippen MR) is 95.7 cm³/mol. The van der Waals surface area contributed by atoms with E-state index in [9.17, 15) is 9.90 Å². The molecule has 0 bridgehead atoms. The maximum absolute atomic E-state index is 11.7. The normalized spacial score (nSPS) is 11.5. The summed E-state index contributed by atoms with van der Waals surface area (Å²) in [7, 11) is 1.49. The molecule has 0 amide bonds. The van der Waals surface area contributed by atoms with Gasteiger partial charge in [-0.2, -0.15) is 0 Å². The highest BCUT2D eigenvalue weighted by molar-refractivity contribution is 6.31. The van der Waals surface area contributed by atoms with Crippen LogP contribution in [0.4, 0.5) is 0 Å². The minimum Gasteiger partial charge on any atom is -0.496 e. The Morgan fingerprint density at radius 3 is 2.58 bits per heavy atom. The Morgan fingerprint density at radius 1 is 1.21 bits per heavy atom. The highest BCUT2D eigenvalue weighted by Crippen LogP contribution is 2.31. The number of carbonyl (C=O) groups is 1. The van der Waals surface area contributed by atoms with Gasteiger partial charge < -0.3 is 14.6 Å². The van der Waals surface area contributed by atoms with Crippen LogP contribution in [-0.4, -0.2) is 24.3 Å². The van der Waals surface area contributed by atoms with Crippen molar-refractivity contribution in [1.82, 2.24) is 0 Å². The summed E-state index contributed by atoms with van der Waals surface area (Å²) in [5, 5.41) is 10.1.